The largest absolute Gasteiger partial charge is 0.455 e. The molecule has 54 heavy (non-hydrogen) atoms. The number of aromatic nitrogens is 2. The van der Waals surface area contributed by atoms with E-state index in [9.17, 15) is 0 Å². The zero-order valence-corrected chi connectivity index (χ0v) is 34.5. The quantitative estimate of drug-likeness (QED) is 0.153. The summed E-state index contributed by atoms with van der Waals surface area (Å²) >= 11 is 0. The van der Waals surface area contributed by atoms with Gasteiger partial charge in [-0.3, -0.25) is 4.57 Å². The van der Waals surface area contributed by atoms with Crippen LogP contribution in [-0.2, 0) is 5.41 Å². The Labute approximate surface area is 321 Å². The Morgan fingerprint density at radius 1 is 0.611 bits per heavy atom. The van der Waals surface area contributed by atoms with Gasteiger partial charge in [0.15, 0.2) is 0 Å². The smallest absolute Gasteiger partial charge is 0.149 e. The molecule has 0 bridgehead atoms. The van der Waals surface area contributed by atoms with Crippen LogP contribution in [-0.4, -0.2) is 17.6 Å². The molecule has 3 nitrogen and oxygen atoms in total. The van der Waals surface area contributed by atoms with Gasteiger partial charge in [0, 0.05) is 10.8 Å². The molecular formula is C50H52N2OSi. The second-order valence-corrected chi connectivity index (χ2v) is 22.8. The topological polar surface area (TPSA) is 31.0 Å². The van der Waals surface area contributed by atoms with Crippen LogP contribution >= 0.6 is 0 Å². The number of imidazole rings is 1. The van der Waals surface area contributed by atoms with Gasteiger partial charge in [0.1, 0.15) is 17.0 Å². The molecule has 0 saturated carbocycles. The summed E-state index contributed by atoms with van der Waals surface area (Å²) in [6.45, 7) is 23.2. The zero-order valence-electron chi connectivity index (χ0n) is 33.5. The number of rotatable bonds is 7. The van der Waals surface area contributed by atoms with E-state index in [1.807, 2.05) is 0 Å². The molecule has 6 aromatic carbocycles. The number of benzene rings is 6. The highest BCUT2D eigenvalue weighted by Crippen LogP contribution is 2.43. The SMILES string of the molecule is CC(C)c1cc(-c2ccc(C(C)(C)C)cc2)cc(C(C)C)c1-n1c(-c2cccc3c2oc2cc(-c4ccc([Si](C)(C)C)cc4)ccc23)nc2ccccc21. The number of fused-ring (bicyclic) bond motifs is 4. The Kier molecular flexibility index (Phi) is 8.81. The second kappa shape index (κ2) is 13.3. The fraction of sp³-hybridized carbons (Fsp3) is 0.260. The summed E-state index contributed by atoms with van der Waals surface area (Å²) in [5.74, 6) is 1.45. The summed E-state index contributed by atoms with van der Waals surface area (Å²) in [6, 6.07) is 44.8. The van der Waals surface area contributed by atoms with Crippen molar-refractivity contribution in [3.63, 3.8) is 0 Å². The van der Waals surface area contributed by atoms with Gasteiger partial charge >= 0.3 is 0 Å². The van der Waals surface area contributed by atoms with E-state index in [0.717, 1.165) is 49.9 Å². The van der Waals surface area contributed by atoms with Crippen molar-refractivity contribution in [3.8, 4) is 39.3 Å². The maximum Gasteiger partial charge on any atom is 0.149 e. The third-order valence-corrected chi connectivity index (χ3v) is 13.2. The minimum atomic E-state index is -1.38. The number of para-hydroxylation sites is 3. The number of hydrogen-bond donors (Lipinski definition) is 0. The third-order valence-electron chi connectivity index (χ3n) is 11.1. The van der Waals surface area contributed by atoms with Crippen LogP contribution in [0.4, 0.5) is 0 Å². The van der Waals surface area contributed by atoms with Gasteiger partial charge in [-0.1, -0.05) is 152 Å². The van der Waals surface area contributed by atoms with Crippen LogP contribution in [0.15, 0.2) is 126 Å². The van der Waals surface area contributed by atoms with Crippen LogP contribution in [0.3, 0.4) is 0 Å². The Balaban J connectivity index is 1.33. The molecule has 0 spiro atoms. The number of nitrogens with zero attached hydrogens (tertiary/aromatic N) is 2. The van der Waals surface area contributed by atoms with Crippen molar-refractivity contribution in [3.05, 3.63) is 138 Å². The molecule has 0 atom stereocenters. The first-order valence-electron chi connectivity index (χ1n) is 19.5. The first kappa shape index (κ1) is 35.8. The van der Waals surface area contributed by atoms with E-state index in [1.165, 1.54) is 44.3 Å². The Morgan fingerprint density at radius 3 is 1.85 bits per heavy atom. The van der Waals surface area contributed by atoms with Gasteiger partial charge < -0.3 is 4.42 Å². The fourth-order valence-electron chi connectivity index (χ4n) is 7.90. The van der Waals surface area contributed by atoms with Crippen LogP contribution < -0.4 is 5.19 Å². The van der Waals surface area contributed by atoms with Crippen molar-refractivity contribution >= 4 is 46.2 Å². The summed E-state index contributed by atoms with van der Waals surface area (Å²) in [6.07, 6.45) is 0. The molecule has 4 heteroatoms. The van der Waals surface area contributed by atoms with Gasteiger partial charge in [-0.15, -0.1) is 0 Å². The van der Waals surface area contributed by atoms with Gasteiger partial charge in [-0.2, -0.15) is 0 Å². The van der Waals surface area contributed by atoms with E-state index >= 15 is 0 Å². The Bertz CT molecular complexity index is 2630. The minimum Gasteiger partial charge on any atom is -0.455 e. The summed E-state index contributed by atoms with van der Waals surface area (Å²) in [4.78, 5) is 5.39. The fourth-order valence-corrected chi connectivity index (χ4v) is 9.06. The normalized spacial score (nSPS) is 12.6. The van der Waals surface area contributed by atoms with Crippen molar-refractivity contribution in [1.82, 2.24) is 9.55 Å². The van der Waals surface area contributed by atoms with Crippen LogP contribution in [0.2, 0.25) is 19.6 Å². The summed E-state index contributed by atoms with van der Waals surface area (Å²) in [5.41, 5.74) is 15.0. The molecule has 0 unspecified atom stereocenters. The van der Waals surface area contributed by atoms with Crippen LogP contribution in [0.1, 0.15) is 77.0 Å². The van der Waals surface area contributed by atoms with Crippen molar-refractivity contribution in [2.45, 2.75) is 85.4 Å². The number of furan rings is 1. The van der Waals surface area contributed by atoms with Crippen molar-refractivity contribution in [2.75, 3.05) is 0 Å². The highest BCUT2D eigenvalue weighted by molar-refractivity contribution is 6.88. The molecule has 0 aliphatic carbocycles. The summed E-state index contributed by atoms with van der Waals surface area (Å²) in [7, 11) is -1.38. The summed E-state index contributed by atoms with van der Waals surface area (Å²) in [5, 5.41) is 3.68. The minimum absolute atomic E-state index is 0.109. The Hall–Kier alpha value is -5.19. The maximum atomic E-state index is 6.88. The Morgan fingerprint density at radius 2 is 1.22 bits per heavy atom. The lowest BCUT2D eigenvalue weighted by molar-refractivity contribution is 0.590. The zero-order chi connectivity index (χ0) is 38.1. The molecule has 2 heterocycles. The molecule has 8 aromatic rings. The van der Waals surface area contributed by atoms with E-state index in [2.05, 4.69) is 194 Å². The highest BCUT2D eigenvalue weighted by atomic mass is 28.3. The van der Waals surface area contributed by atoms with E-state index in [0.29, 0.717) is 0 Å². The first-order valence-corrected chi connectivity index (χ1v) is 23.0. The van der Waals surface area contributed by atoms with E-state index in [4.69, 9.17) is 9.40 Å². The third kappa shape index (κ3) is 6.31. The average Bonchev–Trinajstić information content (AvgIpc) is 3.72. The van der Waals surface area contributed by atoms with Gasteiger partial charge in [0.05, 0.1) is 30.4 Å². The summed E-state index contributed by atoms with van der Waals surface area (Å²) < 4.78 is 9.30. The van der Waals surface area contributed by atoms with Crippen LogP contribution in [0.25, 0.3) is 72.3 Å². The van der Waals surface area contributed by atoms with Crippen molar-refractivity contribution in [1.29, 1.82) is 0 Å². The monoisotopic (exact) mass is 724 g/mol. The molecule has 2 aromatic heterocycles. The molecule has 0 radical (unpaired) electrons. The number of hydrogen-bond acceptors (Lipinski definition) is 2. The lowest BCUT2D eigenvalue weighted by atomic mass is 9.85. The lowest BCUT2D eigenvalue weighted by Gasteiger charge is -2.25. The van der Waals surface area contributed by atoms with Crippen molar-refractivity contribution < 1.29 is 4.42 Å². The van der Waals surface area contributed by atoms with Crippen LogP contribution in [0, 0.1) is 0 Å². The van der Waals surface area contributed by atoms with Crippen LogP contribution in [0.5, 0.6) is 0 Å². The predicted molar refractivity (Wildman–Crippen MR) is 235 cm³/mol. The highest BCUT2D eigenvalue weighted by Gasteiger charge is 2.26. The molecule has 0 N–H and O–H groups in total. The van der Waals surface area contributed by atoms with E-state index in [1.54, 1.807) is 0 Å². The lowest BCUT2D eigenvalue weighted by Crippen LogP contribution is -2.37. The van der Waals surface area contributed by atoms with Gasteiger partial charge in [0.2, 0.25) is 0 Å². The van der Waals surface area contributed by atoms with Crippen molar-refractivity contribution in [2.24, 2.45) is 0 Å². The molecule has 0 aliphatic heterocycles. The molecule has 0 amide bonds. The molecular weight excluding hydrogens is 673 g/mol. The van der Waals surface area contributed by atoms with Gasteiger partial charge in [0.25, 0.3) is 0 Å². The predicted octanol–water partition coefficient (Wildman–Crippen LogP) is 14.0. The molecule has 0 saturated heterocycles. The van der Waals surface area contributed by atoms with Gasteiger partial charge in [-0.25, -0.2) is 4.98 Å². The molecule has 272 valence electrons. The van der Waals surface area contributed by atoms with E-state index in [-0.39, 0.29) is 17.3 Å². The molecule has 0 aliphatic rings. The second-order valence-electron chi connectivity index (χ2n) is 17.7. The molecule has 0 fully saturated rings. The average molecular weight is 725 g/mol. The standard InChI is InChI=1S/C50H52N2OSi/c1-31(2)42-28-36(34-18-23-37(24-19-34)50(5,6)7)29-43(32(3)4)47(42)52-45-17-12-11-16-44(45)51-49(52)41-15-13-14-40-39-27-22-35(30-46(39)53-48(40)41)33-20-25-38(26-21-33)54(8,9)10/h11-32H,1-10H3. The van der Waals surface area contributed by atoms with Gasteiger partial charge in [-0.05, 0) is 98.7 Å². The first-order chi connectivity index (χ1) is 25.7. The maximum absolute atomic E-state index is 6.88. The van der Waals surface area contributed by atoms with E-state index < -0.39 is 8.07 Å². The molecule has 8 rings (SSSR count).